The number of nitrogens with one attached hydrogen (secondary N) is 2. The molecule has 0 aromatic rings. The van der Waals surface area contributed by atoms with Crippen LogP contribution in [0.2, 0.25) is 0 Å². The lowest BCUT2D eigenvalue weighted by Gasteiger charge is -2.19. The highest BCUT2D eigenvalue weighted by Gasteiger charge is 2.12. The first-order chi connectivity index (χ1) is 13.0. The zero-order valence-electron chi connectivity index (χ0n) is 17.4. The predicted molar refractivity (Wildman–Crippen MR) is 104 cm³/mol. The van der Waals surface area contributed by atoms with Crippen molar-refractivity contribution in [3.8, 4) is 0 Å². The summed E-state index contributed by atoms with van der Waals surface area (Å²) in [7, 11) is 0. The highest BCUT2D eigenvalue weighted by atomic mass is 16.5. The van der Waals surface area contributed by atoms with E-state index in [0.29, 0.717) is 52.7 Å². The Morgan fingerprint density at radius 1 is 0.889 bits per heavy atom. The lowest BCUT2D eigenvalue weighted by Crippen LogP contribution is -2.44. The van der Waals surface area contributed by atoms with Gasteiger partial charge in [0.2, 0.25) is 5.91 Å². The fourth-order valence-corrected chi connectivity index (χ4v) is 2.09. The smallest absolute Gasteiger partial charge is 0.234 e. The van der Waals surface area contributed by atoms with Crippen LogP contribution in [-0.2, 0) is 28.5 Å². The van der Waals surface area contributed by atoms with Gasteiger partial charge in [-0.25, -0.2) is 0 Å². The summed E-state index contributed by atoms with van der Waals surface area (Å²) in [6, 6.07) is -0.136. The molecule has 0 radical (unpaired) electrons. The molecule has 1 amide bonds. The quantitative estimate of drug-likeness (QED) is 0.317. The van der Waals surface area contributed by atoms with E-state index >= 15 is 0 Å². The van der Waals surface area contributed by atoms with Gasteiger partial charge in [0, 0.05) is 13.0 Å². The van der Waals surface area contributed by atoms with Gasteiger partial charge in [0.25, 0.3) is 0 Å². The number of rotatable bonds is 19. The Labute approximate surface area is 163 Å². The molecular formula is C19H38N2O6. The van der Waals surface area contributed by atoms with Crippen molar-refractivity contribution < 1.29 is 28.5 Å². The zero-order chi connectivity index (χ0) is 20.3. The molecule has 1 unspecified atom stereocenters. The summed E-state index contributed by atoms with van der Waals surface area (Å²) in [4.78, 5) is 23.3. The van der Waals surface area contributed by atoms with Gasteiger partial charge in [0.1, 0.15) is 0 Å². The van der Waals surface area contributed by atoms with Crippen molar-refractivity contribution in [2.75, 3.05) is 59.3 Å². The number of carbonyl (C=O) groups excluding carboxylic acids is 2. The van der Waals surface area contributed by atoms with Gasteiger partial charge in [-0.1, -0.05) is 6.92 Å². The minimum Gasteiger partial charge on any atom is -0.379 e. The van der Waals surface area contributed by atoms with Crippen molar-refractivity contribution in [3.05, 3.63) is 0 Å². The third-order valence-corrected chi connectivity index (χ3v) is 3.46. The van der Waals surface area contributed by atoms with Gasteiger partial charge in [-0.05, 0) is 27.2 Å². The van der Waals surface area contributed by atoms with Crippen LogP contribution >= 0.6 is 0 Å². The predicted octanol–water partition coefficient (Wildman–Crippen LogP) is 0.925. The van der Waals surface area contributed by atoms with Crippen molar-refractivity contribution in [1.29, 1.82) is 0 Å². The molecule has 8 heteroatoms. The molecule has 160 valence electrons. The lowest BCUT2D eigenvalue weighted by atomic mass is 10.2. The van der Waals surface area contributed by atoms with Crippen molar-refractivity contribution in [3.63, 3.8) is 0 Å². The van der Waals surface area contributed by atoms with Crippen LogP contribution in [0.25, 0.3) is 0 Å². The largest absolute Gasteiger partial charge is 0.379 e. The number of hydrogen-bond donors (Lipinski definition) is 2. The second-order valence-electron chi connectivity index (χ2n) is 6.41. The maximum absolute atomic E-state index is 11.9. The minimum absolute atomic E-state index is 0.0372. The van der Waals surface area contributed by atoms with Gasteiger partial charge < -0.3 is 29.6 Å². The normalized spacial score (nSPS) is 12.3. The Bertz CT molecular complexity index is 379. The van der Waals surface area contributed by atoms with Crippen LogP contribution in [0.1, 0.15) is 40.5 Å². The molecule has 0 heterocycles. The summed E-state index contributed by atoms with van der Waals surface area (Å²) >= 11 is 0. The molecule has 0 rings (SSSR count). The fourth-order valence-electron chi connectivity index (χ4n) is 2.09. The first-order valence-corrected chi connectivity index (χ1v) is 9.86. The summed E-state index contributed by atoms with van der Waals surface area (Å²) < 4.78 is 21.8. The van der Waals surface area contributed by atoms with E-state index < -0.39 is 0 Å². The van der Waals surface area contributed by atoms with E-state index in [4.69, 9.17) is 18.9 Å². The molecule has 27 heavy (non-hydrogen) atoms. The molecule has 0 spiro atoms. The van der Waals surface area contributed by atoms with E-state index in [-0.39, 0.29) is 36.9 Å². The topological polar surface area (TPSA) is 95.1 Å². The second-order valence-corrected chi connectivity index (χ2v) is 6.41. The Hall–Kier alpha value is -1.06. The highest BCUT2D eigenvalue weighted by molar-refractivity contribution is 5.86. The van der Waals surface area contributed by atoms with Crippen LogP contribution in [0.15, 0.2) is 0 Å². The fraction of sp³-hybridized carbons (Fsp3) is 0.895. The Morgan fingerprint density at radius 2 is 1.52 bits per heavy atom. The summed E-state index contributed by atoms with van der Waals surface area (Å²) in [5.74, 6) is -0.183. The number of amides is 1. The van der Waals surface area contributed by atoms with Crippen LogP contribution in [0.5, 0.6) is 0 Å². The van der Waals surface area contributed by atoms with Gasteiger partial charge in [-0.15, -0.1) is 0 Å². The van der Waals surface area contributed by atoms with E-state index in [1.165, 1.54) is 0 Å². The van der Waals surface area contributed by atoms with Crippen molar-refractivity contribution in [2.45, 2.75) is 52.7 Å². The van der Waals surface area contributed by atoms with Gasteiger partial charge in [-0.3, -0.25) is 9.59 Å². The monoisotopic (exact) mass is 390 g/mol. The lowest BCUT2D eigenvalue weighted by molar-refractivity contribution is -0.124. The second kappa shape index (κ2) is 18.3. The average Bonchev–Trinajstić information content (AvgIpc) is 2.63. The van der Waals surface area contributed by atoms with Crippen LogP contribution in [0, 0.1) is 0 Å². The molecule has 0 aromatic heterocycles. The van der Waals surface area contributed by atoms with E-state index in [9.17, 15) is 9.59 Å². The summed E-state index contributed by atoms with van der Waals surface area (Å²) in [5, 5.41) is 5.73. The van der Waals surface area contributed by atoms with Crippen LogP contribution in [0.4, 0.5) is 0 Å². The van der Waals surface area contributed by atoms with Gasteiger partial charge in [0.15, 0.2) is 5.78 Å². The Morgan fingerprint density at radius 3 is 2.11 bits per heavy atom. The summed E-state index contributed by atoms with van der Waals surface area (Å²) in [6.07, 6.45) is 1.44. The third kappa shape index (κ3) is 18.1. The molecule has 0 aliphatic rings. The standard InChI is InChI=1S/C19H38N2O6/c1-5-7-18(22)12-21-19(23)13-20-17(14-25-9-8-24-6-2)15-26-10-11-27-16(3)4/h16-17,20H,5-15H2,1-4H3,(H,21,23). The third-order valence-electron chi connectivity index (χ3n) is 3.46. The molecule has 1 atom stereocenters. The van der Waals surface area contributed by atoms with Crippen LogP contribution in [-0.4, -0.2) is 83.2 Å². The molecule has 2 N–H and O–H groups in total. The zero-order valence-corrected chi connectivity index (χ0v) is 17.4. The Kier molecular flexibility index (Phi) is 17.6. The first kappa shape index (κ1) is 25.9. The summed E-state index contributed by atoms with van der Waals surface area (Å²) in [6.45, 7) is 11.5. The molecule has 0 fully saturated rings. The van der Waals surface area contributed by atoms with E-state index in [0.717, 1.165) is 6.42 Å². The number of ketones is 1. The van der Waals surface area contributed by atoms with Gasteiger partial charge >= 0.3 is 0 Å². The minimum atomic E-state index is -0.220. The molecule has 0 aliphatic heterocycles. The molecule has 0 saturated carbocycles. The maximum Gasteiger partial charge on any atom is 0.234 e. The SMILES string of the molecule is CCCC(=O)CNC(=O)CNC(COCCOCC)COCCOC(C)C. The molecule has 0 bridgehead atoms. The highest BCUT2D eigenvalue weighted by Crippen LogP contribution is 1.93. The molecular weight excluding hydrogens is 352 g/mol. The molecule has 0 aliphatic carbocycles. The maximum atomic E-state index is 11.9. The number of Topliss-reactive ketones (excluding diaryl/α,β-unsaturated/α-hetero) is 1. The average molecular weight is 391 g/mol. The molecule has 0 aromatic carbocycles. The van der Waals surface area contributed by atoms with E-state index in [1.807, 2.05) is 27.7 Å². The van der Waals surface area contributed by atoms with Gasteiger partial charge in [0.05, 0.1) is 64.9 Å². The van der Waals surface area contributed by atoms with Crippen molar-refractivity contribution in [1.82, 2.24) is 10.6 Å². The number of hydrogen-bond acceptors (Lipinski definition) is 7. The first-order valence-electron chi connectivity index (χ1n) is 9.86. The van der Waals surface area contributed by atoms with Crippen molar-refractivity contribution in [2.24, 2.45) is 0 Å². The molecule has 0 saturated heterocycles. The van der Waals surface area contributed by atoms with E-state index in [1.54, 1.807) is 0 Å². The number of carbonyl (C=O) groups is 2. The molecule has 8 nitrogen and oxygen atoms in total. The Balaban J connectivity index is 4.10. The van der Waals surface area contributed by atoms with Gasteiger partial charge in [-0.2, -0.15) is 0 Å². The number of ether oxygens (including phenoxy) is 4. The van der Waals surface area contributed by atoms with Crippen LogP contribution in [0.3, 0.4) is 0 Å². The van der Waals surface area contributed by atoms with E-state index in [2.05, 4.69) is 10.6 Å². The van der Waals surface area contributed by atoms with Crippen LogP contribution < -0.4 is 10.6 Å². The summed E-state index contributed by atoms with van der Waals surface area (Å²) in [5.41, 5.74) is 0. The van der Waals surface area contributed by atoms with Crippen molar-refractivity contribution >= 4 is 11.7 Å².